The number of aromatic amines is 4. The van der Waals surface area contributed by atoms with Gasteiger partial charge in [0.2, 0.25) is 0 Å². The summed E-state index contributed by atoms with van der Waals surface area (Å²) in [6.07, 6.45) is 34.7. The van der Waals surface area contributed by atoms with E-state index in [1.165, 1.54) is 22.3 Å². The molecule has 4 aliphatic heterocycles. The van der Waals surface area contributed by atoms with E-state index in [0.29, 0.717) is 0 Å². The van der Waals surface area contributed by atoms with Gasteiger partial charge in [-0.2, -0.15) is 0 Å². The molecule has 0 saturated carbocycles. The van der Waals surface area contributed by atoms with Crippen LogP contribution in [0.25, 0.3) is 213 Å². The third kappa shape index (κ3) is 17.3. The van der Waals surface area contributed by atoms with Crippen LogP contribution in [0.2, 0.25) is 0 Å². The first kappa shape index (κ1) is 93.8. The van der Waals surface area contributed by atoms with Gasteiger partial charge in [0.1, 0.15) is 0 Å². The Morgan fingerprint density at radius 3 is 0.736 bits per heavy atom. The smallest absolute Gasteiger partial charge is 0.354 e. The number of halogens is 2. The van der Waals surface area contributed by atoms with Crippen molar-refractivity contribution in [3.8, 4) is 122 Å². The standard InChI is InChI=1S/C133H100Br2N12.Cu/c1-3-5-7-33-63-133(64-34-8-6-4-2)107-73-95(117-109-75-99(83-35-17-9-18-36-83)125(140-109)119(91-55-65-136-66-56-91)129-103(87-43-25-13-26-44-87)79-113(144-129)123(134)114-80-104(88-45-27-14-28-46-88)130(145-114)120(92-57-67-137-68-58-92)126-100(76-110(117)141-126)84-37-19-10-20-38-84)51-53-97(107)98-54-52-96(74-108(98)133)118-111-77-101(85-39-21-11-22-40-85)127(142-111)121(93-59-69-138-70-60-93)131-105(89-47-29-15-30-48-89)81-115(146-131)124(135)116-82-106(90-49-31-16-32-50-90)132(147-116)122(94-61-71-139-72-62-94)128-102(78-112(118)143-128)86-41-23-12-24-42-86;/h9-32,35-62,65-82,140,142,145,147H,3-8,33-34,63-64H2,1-2H3;/q;+2. The van der Waals surface area contributed by atoms with E-state index in [2.05, 4.69) is 442 Å². The summed E-state index contributed by atoms with van der Waals surface area (Å²) in [6, 6.07) is 128. The number of hydrogen-bond donors (Lipinski definition) is 4. The van der Waals surface area contributed by atoms with E-state index < -0.39 is 5.41 Å². The number of fused-ring (bicyclic) bond motifs is 19. The summed E-state index contributed by atoms with van der Waals surface area (Å²) in [7, 11) is 0. The summed E-state index contributed by atoms with van der Waals surface area (Å²) in [5.74, 6) is 0. The maximum Gasteiger partial charge on any atom is 2.00 e. The number of aromatic nitrogens is 12. The maximum atomic E-state index is 6.37. The van der Waals surface area contributed by atoms with Crippen molar-refractivity contribution < 1.29 is 17.1 Å². The minimum absolute atomic E-state index is 0. The van der Waals surface area contributed by atoms with Crippen molar-refractivity contribution in [2.45, 2.75) is 83.5 Å². The van der Waals surface area contributed by atoms with Gasteiger partial charge in [-0.1, -0.05) is 332 Å². The van der Waals surface area contributed by atoms with Crippen LogP contribution in [0.15, 0.2) is 410 Å². The number of hydrogen-bond acceptors (Lipinski definition) is 8. The molecule has 0 amide bonds. The first-order chi connectivity index (χ1) is 72.6. The average molecular weight is 2090 g/mol. The second-order valence-corrected chi connectivity index (χ2v) is 40.1. The van der Waals surface area contributed by atoms with Gasteiger partial charge in [-0.05, 0) is 254 Å². The molecule has 0 atom stereocenters. The number of nitrogens with zero attached hydrogens (tertiary/aromatic N) is 8. The number of pyridine rings is 4. The fourth-order valence-corrected chi connectivity index (χ4v) is 23.6. The van der Waals surface area contributed by atoms with Crippen LogP contribution in [-0.4, -0.2) is 59.8 Å². The van der Waals surface area contributed by atoms with E-state index >= 15 is 0 Å². The van der Waals surface area contributed by atoms with Crippen LogP contribution in [0.4, 0.5) is 0 Å². The first-order valence-corrected chi connectivity index (χ1v) is 52.5. The van der Waals surface area contributed by atoms with E-state index in [9.17, 15) is 0 Å². The van der Waals surface area contributed by atoms with Crippen LogP contribution in [0.1, 0.15) is 157 Å². The Bertz CT molecular complexity index is 8410. The predicted molar refractivity (Wildman–Crippen MR) is 614 cm³/mol. The van der Waals surface area contributed by atoms with Gasteiger partial charge >= 0.3 is 17.1 Å². The van der Waals surface area contributed by atoms with Gasteiger partial charge in [0.15, 0.2) is 0 Å². The largest absolute Gasteiger partial charge is 2.00 e. The van der Waals surface area contributed by atoms with E-state index in [4.69, 9.17) is 39.9 Å². The van der Waals surface area contributed by atoms with Crippen molar-refractivity contribution in [1.29, 1.82) is 0 Å². The Morgan fingerprint density at radius 2 is 0.466 bits per heavy atom. The molecule has 4 N–H and O–H groups in total. The van der Waals surface area contributed by atoms with Crippen molar-refractivity contribution in [3.63, 3.8) is 0 Å². The fourth-order valence-electron chi connectivity index (χ4n) is 22.8. The summed E-state index contributed by atoms with van der Waals surface area (Å²) in [4.78, 5) is 60.6. The van der Waals surface area contributed by atoms with E-state index in [-0.39, 0.29) is 17.1 Å². The van der Waals surface area contributed by atoms with Crippen LogP contribution < -0.4 is 0 Å². The molecule has 0 saturated heterocycles. The van der Waals surface area contributed by atoms with Gasteiger partial charge in [0.25, 0.3) is 0 Å². The minimum Gasteiger partial charge on any atom is -0.354 e. The van der Waals surface area contributed by atoms with Crippen molar-refractivity contribution >= 4 is 123 Å². The molecule has 15 heteroatoms. The van der Waals surface area contributed by atoms with Gasteiger partial charge in [0.05, 0.1) is 87.6 Å². The summed E-state index contributed by atoms with van der Waals surface area (Å²) in [5.41, 5.74) is 45.2. The molecule has 20 aromatic rings. The summed E-state index contributed by atoms with van der Waals surface area (Å²) >= 11 is 8.65. The third-order valence-corrected chi connectivity index (χ3v) is 31.3. The van der Waals surface area contributed by atoms with Crippen molar-refractivity contribution in [1.82, 2.24) is 59.8 Å². The van der Waals surface area contributed by atoms with Crippen molar-refractivity contribution in [2.75, 3.05) is 0 Å². The van der Waals surface area contributed by atoms with Gasteiger partial charge in [0, 0.05) is 144 Å². The Balaban J connectivity index is 0.0000117. The van der Waals surface area contributed by atoms with Gasteiger partial charge in [-0.3, -0.25) is 19.9 Å². The van der Waals surface area contributed by atoms with Crippen LogP contribution in [0.5, 0.6) is 0 Å². The zero-order valence-electron chi connectivity index (χ0n) is 81.6. The number of nitrogens with one attached hydrogen (secondary N) is 4. The summed E-state index contributed by atoms with van der Waals surface area (Å²) in [5, 5.41) is 0. The molecule has 1 radical (unpaired) electrons. The van der Waals surface area contributed by atoms with Crippen LogP contribution >= 0.6 is 31.9 Å². The second-order valence-electron chi connectivity index (χ2n) is 38.5. The molecule has 1 aliphatic carbocycles. The molecule has 5 aliphatic rings. The number of rotatable bonds is 24. The van der Waals surface area contributed by atoms with E-state index in [1.54, 1.807) is 0 Å². The van der Waals surface area contributed by atoms with E-state index in [1.807, 2.05) is 49.6 Å². The topological polar surface area (TPSA) is 166 Å². The Labute approximate surface area is 887 Å². The van der Waals surface area contributed by atoms with E-state index in [0.717, 1.165) is 319 Å². The normalized spacial score (nSPS) is 12.8. The van der Waals surface area contributed by atoms with Gasteiger partial charge in [-0.25, -0.2) is 19.9 Å². The molecule has 0 spiro atoms. The second kappa shape index (κ2) is 40.8. The Kier molecular flexibility index (Phi) is 25.9. The SMILES string of the molecule is CCCCCCC1(CCCCCC)c2cc(-c3c4nc(c(-c5ccncc5)c5[nH]c(cc5-c5ccccc5)c(Br)c5nc(c(-c6ccncc6)c6[nH]c3cc6-c3ccccc3)C(c3ccccc3)=C5)C(c3ccccc3)=C4)ccc2-c2ccc(-c3c4nc(c(-c5ccncc5)c5[nH]c(cc5-c5ccccc5)c(Br)c5nc(c(-c6ccncc6)c6[nH]c3cc6-c3ccccc3)C(c3ccccc3)=C5)C(c3ccccc3)=C4)cc21.[Cu+2]. The zero-order valence-corrected chi connectivity index (χ0v) is 85.7. The molecule has 148 heavy (non-hydrogen) atoms. The molecule has 12 nitrogen and oxygen atoms in total. The van der Waals surface area contributed by atoms with Crippen molar-refractivity contribution in [2.24, 2.45) is 0 Å². The number of H-pyrrole nitrogens is 4. The van der Waals surface area contributed by atoms with Gasteiger partial charge < -0.3 is 19.9 Å². The van der Waals surface area contributed by atoms with Gasteiger partial charge in [-0.15, -0.1) is 0 Å². The minimum atomic E-state index is -0.560. The Hall–Kier alpha value is -16.5. The molecule has 16 bridgehead atoms. The van der Waals surface area contributed by atoms with Crippen LogP contribution in [-0.2, 0) is 22.5 Å². The molecular weight excluding hydrogens is 1990 g/mol. The zero-order chi connectivity index (χ0) is 98.4. The predicted octanol–water partition coefficient (Wildman–Crippen LogP) is 35.3. The molecule has 10 aromatic heterocycles. The van der Waals surface area contributed by atoms with Crippen molar-refractivity contribution in [3.05, 3.63) is 489 Å². The monoisotopic (exact) mass is 2090 g/mol. The number of benzene rings is 10. The molecule has 0 fully saturated rings. The average Bonchev–Trinajstić information content (AvgIpc) is 1.55. The molecule has 25 rings (SSSR count). The summed E-state index contributed by atoms with van der Waals surface area (Å²) < 4.78 is 1.59. The maximum absolute atomic E-state index is 6.37. The number of unbranched alkanes of at least 4 members (excludes halogenated alkanes) is 6. The third-order valence-electron chi connectivity index (χ3n) is 29.7. The molecular formula is C133H100Br2CuN12+2. The molecule has 10 aromatic carbocycles. The van der Waals surface area contributed by atoms with Crippen LogP contribution in [0.3, 0.4) is 0 Å². The molecule has 715 valence electrons. The first-order valence-electron chi connectivity index (χ1n) is 51.0. The Morgan fingerprint density at radius 1 is 0.223 bits per heavy atom. The van der Waals surface area contributed by atoms with Crippen LogP contribution in [0, 0.1) is 0 Å². The summed E-state index contributed by atoms with van der Waals surface area (Å²) in [6.45, 7) is 4.67. The fraction of sp³-hybridized carbons (Fsp3) is 0.0977. The molecule has 0 unspecified atom stereocenters. The molecule has 14 heterocycles. The quantitative estimate of drug-likeness (QED) is 0.0343.